The van der Waals surface area contributed by atoms with Gasteiger partial charge in [-0.25, -0.2) is 0 Å². The number of rotatable bonds is 2. The summed E-state index contributed by atoms with van der Waals surface area (Å²) in [6.45, 7) is 3.84. The van der Waals surface area contributed by atoms with Crippen molar-refractivity contribution >= 4 is 53.7 Å². The molecule has 4 heterocycles. The first-order valence-corrected chi connectivity index (χ1v) is 8.93. The van der Waals surface area contributed by atoms with Crippen molar-refractivity contribution in [3.8, 4) is 5.75 Å². The number of amides is 1. The minimum atomic E-state index is -0.641. The minimum absolute atomic E-state index is 0. The fraction of sp³-hybridized carbons (Fsp3) is 0.588. The molecule has 4 aliphatic heterocycles. The molecule has 1 amide bonds. The van der Waals surface area contributed by atoms with E-state index in [-0.39, 0.29) is 30.2 Å². The molecule has 2 bridgehead atoms. The number of nitrogen functional groups attached to an aromatic ring is 1. The maximum atomic E-state index is 11.7. The number of hydrogen-bond donors (Lipinski definition) is 3. The van der Waals surface area contributed by atoms with E-state index in [0.29, 0.717) is 35.1 Å². The van der Waals surface area contributed by atoms with Crippen molar-refractivity contribution in [3.05, 3.63) is 16.7 Å². The number of nitrogens with one attached hydrogen (secondary N) is 1. The zero-order valence-electron chi connectivity index (χ0n) is 14.4. The second-order valence-corrected chi connectivity index (χ2v) is 7.53. The summed E-state index contributed by atoms with van der Waals surface area (Å²) < 4.78 is 6.09. The smallest absolute Gasteiger partial charge is 0.258 e. The van der Waals surface area contributed by atoms with Crippen molar-refractivity contribution in [1.82, 2.24) is 4.90 Å². The summed E-state index contributed by atoms with van der Waals surface area (Å²) in [6.07, 6.45) is 3.10. The average Bonchev–Trinajstić information content (AvgIpc) is 2.83. The summed E-state index contributed by atoms with van der Waals surface area (Å²) in [7, 11) is 0. The van der Waals surface area contributed by atoms with Gasteiger partial charge in [0.1, 0.15) is 11.4 Å². The van der Waals surface area contributed by atoms with Gasteiger partial charge in [0.25, 0.3) is 5.91 Å². The molecule has 3 saturated heterocycles. The zero-order chi connectivity index (χ0) is 16.9. The first kappa shape index (κ1) is 21.2. The molecule has 6 nitrogen and oxygen atoms in total. The Morgan fingerprint density at radius 3 is 2.46 bits per heavy atom. The Hall–Kier alpha value is -1.08. The number of fused-ring (bicyclic) bond motifs is 4. The predicted octanol–water partition coefficient (Wildman–Crippen LogP) is 2.55. The molecule has 5 N–H and O–H groups in total. The van der Waals surface area contributed by atoms with Gasteiger partial charge in [-0.3, -0.25) is 4.79 Å². The van der Waals surface area contributed by atoms with Gasteiger partial charge < -0.3 is 26.4 Å². The van der Waals surface area contributed by atoms with E-state index >= 15 is 0 Å². The molecule has 146 valence electrons. The molecule has 26 heavy (non-hydrogen) atoms. The summed E-state index contributed by atoms with van der Waals surface area (Å²) in [5.74, 6) is 0.230. The average molecular weight is 424 g/mol. The molecular weight excluding hydrogens is 399 g/mol. The van der Waals surface area contributed by atoms with Crippen LogP contribution < -0.4 is 21.5 Å². The fourth-order valence-corrected chi connectivity index (χ4v) is 4.50. The lowest BCUT2D eigenvalue weighted by Gasteiger charge is -2.49. The third-order valence-electron chi connectivity index (χ3n) is 5.85. The van der Waals surface area contributed by atoms with Crippen molar-refractivity contribution in [2.75, 3.05) is 37.2 Å². The molecule has 5 rings (SSSR count). The van der Waals surface area contributed by atoms with Gasteiger partial charge in [0.05, 0.1) is 10.7 Å². The standard InChI is InChI=1S/C17H23ClN4O2.2ClH/c18-11-9-10(17-2-6-22(7-3-17)8-4-17)15-14(13(11)19)21-5-1-12(24-15)16(20)23;;/h9,12,21H,1-8,19H2,(H2,20,23);2*1H. The van der Waals surface area contributed by atoms with Crippen LogP contribution in [0, 0.1) is 0 Å². The number of nitrogens with two attached hydrogens (primary N) is 2. The van der Waals surface area contributed by atoms with E-state index in [0.717, 1.165) is 44.5 Å². The molecule has 1 aromatic rings. The number of primary amides is 1. The van der Waals surface area contributed by atoms with Crippen LogP contribution in [-0.4, -0.2) is 43.1 Å². The summed E-state index contributed by atoms with van der Waals surface area (Å²) >= 11 is 6.43. The van der Waals surface area contributed by atoms with Gasteiger partial charge in [-0.1, -0.05) is 11.6 Å². The van der Waals surface area contributed by atoms with E-state index in [1.165, 1.54) is 0 Å². The molecule has 0 radical (unpaired) electrons. The minimum Gasteiger partial charge on any atom is -0.478 e. The van der Waals surface area contributed by atoms with E-state index in [1.54, 1.807) is 0 Å². The van der Waals surface area contributed by atoms with E-state index in [9.17, 15) is 4.79 Å². The summed E-state index contributed by atoms with van der Waals surface area (Å²) in [6, 6.07) is 1.95. The highest BCUT2D eigenvalue weighted by Crippen LogP contribution is 2.52. The lowest BCUT2D eigenvalue weighted by molar-refractivity contribution is -0.124. The molecular formula is C17H25Cl3N4O2. The van der Waals surface area contributed by atoms with Crippen molar-refractivity contribution < 1.29 is 9.53 Å². The molecule has 9 heteroatoms. The van der Waals surface area contributed by atoms with Crippen LogP contribution in [0.4, 0.5) is 11.4 Å². The fourth-order valence-electron chi connectivity index (χ4n) is 4.30. The van der Waals surface area contributed by atoms with E-state index in [2.05, 4.69) is 10.2 Å². The van der Waals surface area contributed by atoms with Crippen LogP contribution in [-0.2, 0) is 10.2 Å². The largest absolute Gasteiger partial charge is 0.478 e. The Morgan fingerprint density at radius 2 is 1.88 bits per heavy atom. The van der Waals surface area contributed by atoms with Crippen LogP contribution in [0.1, 0.15) is 31.2 Å². The maximum absolute atomic E-state index is 11.7. The molecule has 1 aromatic carbocycles. The Bertz CT molecular complexity index is 679. The van der Waals surface area contributed by atoms with Crippen LogP contribution in [0.5, 0.6) is 5.75 Å². The molecule has 0 aliphatic carbocycles. The number of nitrogens with zero attached hydrogens (tertiary/aromatic N) is 1. The second-order valence-electron chi connectivity index (χ2n) is 7.12. The lowest BCUT2D eigenvalue weighted by Crippen LogP contribution is -2.50. The van der Waals surface area contributed by atoms with Gasteiger partial charge in [0, 0.05) is 23.9 Å². The van der Waals surface area contributed by atoms with Crippen LogP contribution in [0.25, 0.3) is 0 Å². The van der Waals surface area contributed by atoms with Crippen LogP contribution >= 0.6 is 36.4 Å². The number of anilines is 2. The summed E-state index contributed by atoms with van der Waals surface area (Å²) in [4.78, 5) is 14.2. The third kappa shape index (κ3) is 3.40. The Kier molecular flexibility index (Phi) is 6.44. The highest BCUT2D eigenvalue weighted by atomic mass is 35.5. The van der Waals surface area contributed by atoms with Crippen molar-refractivity contribution in [3.63, 3.8) is 0 Å². The van der Waals surface area contributed by atoms with E-state index in [1.807, 2.05) is 6.07 Å². The maximum Gasteiger partial charge on any atom is 0.258 e. The summed E-state index contributed by atoms with van der Waals surface area (Å²) in [5, 5.41) is 3.84. The highest BCUT2D eigenvalue weighted by molar-refractivity contribution is 6.34. The lowest BCUT2D eigenvalue weighted by atomic mass is 9.67. The van der Waals surface area contributed by atoms with Gasteiger partial charge in [-0.2, -0.15) is 0 Å². The van der Waals surface area contributed by atoms with Crippen LogP contribution in [0.15, 0.2) is 6.07 Å². The number of halogens is 3. The molecule has 0 aromatic heterocycles. The number of carbonyl (C=O) groups is 1. The van der Waals surface area contributed by atoms with E-state index in [4.69, 9.17) is 27.8 Å². The van der Waals surface area contributed by atoms with Crippen LogP contribution in [0.3, 0.4) is 0 Å². The SMILES string of the molecule is Cl.Cl.NC(=O)C1CCNc2c(N)c(Cl)cc(C34CCN(CC3)CC4)c2O1. The van der Waals surface area contributed by atoms with Crippen molar-refractivity contribution in [2.24, 2.45) is 5.73 Å². The quantitative estimate of drug-likeness (QED) is 0.636. The van der Waals surface area contributed by atoms with Gasteiger partial charge in [-0.15, -0.1) is 24.8 Å². The molecule has 1 atom stereocenters. The molecule has 1 unspecified atom stereocenters. The first-order chi connectivity index (χ1) is 11.5. The predicted molar refractivity (Wildman–Crippen MR) is 109 cm³/mol. The molecule has 0 saturated carbocycles. The first-order valence-electron chi connectivity index (χ1n) is 8.55. The Morgan fingerprint density at radius 1 is 1.27 bits per heavy atom. The molecule has 0 spiro atoms. The third-order valence-corrected chi connectivity index (χ3v) is 6.16. The molecule has 4 aliphatic rings. The number of carbonyl (C=O) groups excluding carboxylic acids is 1. The van der Waals surface area contributed by atoms with Gasteiger partial charge in [-0.05, 0) is 45.0 Å². The Labute approximate surface area is 170 Å². The van der Waals surface area contributed by atoms with Gasteiger partial charge >= 0.3 is 0 Å². The normalized spacial score (nSPS) is 29.1. The number of hydrogen-bond acceptors (Lipinski definition) is 5. The van der Waals surface area contributed by atoms with Gasteiger partial charge in [0.2, 0.25) is 0 Å². The summed E-state index contributed by atoms with van der Waals surface area (Å²) in [5.41, 5.74) is 14.0. The second kappa shape index (κ2) is 7.89. The number of piperidine rings is 3. The van der Waals surface area contributed by atoms with Crippen LogP contribution in [0.2, 0.25) is 5.02 Å². The molecule has 3 fully saturated rings. The van der Waals surface area contributed by atoms with Crippen molar-refractivity contribution in [2.45, 2.75) is 37.2 Å². The van der Waals surface area contributed by atoms with E-state index < -0.39 is 12.0 Å². The highest BCUT2D eigenvalue weighted by Gasteiger charge is 2.44. The number of benzene rings is 1. The van der Waals surface area contributed by atoms with Crippen molar-refractivity contribution in [1.29, 1.82) is 0 Å². The monoisotopic (exact) mass is 422 g/mol. The zero-order valence-corrected chi connectivity index (χ0v) is 16.8. The number of ether oxygens (including phenoxy) is 1. The Balaban J connectivity index is 0.00000121. The topological polar surface area (TPSA) is 93.6 Å². The van der Waals surface area contributed by atoms with Gasteiger partial charge in [0.15, 0.2) is 6.10 Å².